The summed E-state index contributed by atoms with van der Waals surface area (Å²) in [6, 6.07) is 36.9. The van der Waals surface area contributed by atoms with Gasteiger partial charge in [-0.3, -0.25) is 0 Å². The van der Waals surface area contributed by atoms with Crippen molar-refractivity contribution in [3.05, 3.63) is 103 Å². The van der Waals surface area contributed by atoms with Gasteiger partial charge in [0.25, 0.3) is 0 Å². The molecule has 1 heterocycles. The van der Waals surface area contributed by atoms with Gasteiger partial charge in [-0.15, -0.1) is 0 Å². The minimum atomic E-state index is -0.358. The smallest absolute Gasteiger partial charge is 0.399 e. The Morgan fingerprint density at radius 3 is 1.26 bits per heavy atom. The van der Waals surface area contributed by atoms with Crippen LogP contribution in [-0.2, 0) is 9.31 Å². The first kappa shape index (κ1) is 22.1. The summed E-state index contributed by atoms with van der Waals surface area (Å²) in [4.78, 5) is 0. The molecule has 0 saturated carbocycles. The van der Waals surface area contributed by atoms with Crippen molar-refractivity contribution in [3.63, 3.8) is 0 Å². The van der Waals surface area contributed by atoms with Crippen LogP contribution in [-0.4, -0.2) is 18.3 Å². The van der Waals surface area contributed by atoms with E-state index < -0.39 is 0 Å². The minimum absolute atomic E-state index is 0.351. The van der Waals surface area contributed by atoms with Crippen molar-refractivity contribution in [3.8, 4) is 22.3 Å². The Kier molecular flexibility index (Phi) is 5.10. The third-order valence-corrected chi connectivity index (χ3v) is 7.72. The van der Waals surface area contributed by atoms with E-state index in [4.69, 9.17) is 9.31 Å². The minimum Gasteiger partial charge on any atom is -0.399 e. The predicted octanol–water partition coefficient (Wildman–Crippen LogP) is 7.63. The number of hydrogen-bond donors (Lipinski definition) is 0. The van der Waals surface area contributed by atoms with Crippen LogP contribution in [0.5, 0.6) is 0 Å². The molecule has 172 valence electrons. The van der Waals surface area contributed by atoms with E-state index in [1.54, 1.807) is 0 Å². The van der Waals surface area contributed by atoms with Crippen molar-refractivity contribution in [2.24, 2.45) is 0 Å². The molecule has 5 aromatic rings. The summed E-state index contributed by atoms with van der Waals surface area (Å²) >= 11 is 0. The fraction of sp³-hybridized carbons (Fsp3) is 0.188. The lowest BCUT2D eigenvalue weighted by atomic mass is 9.78. The number of fused-ring (bicyclic) bond motifs is 2. The van der Waals surface area contributed by atoms with Gasteiger partial charge in [0.2, 0.25) is 0 Å². The molecule has 6 rings (SSSR count). The highest BCUT2D eigenvalue weighted by Gasteiger charge is 2.51. The summed E-state index contributed by atoms with van der Waals surface area (Å²) < 4.78 is 12.6. The molecule has 0 bridgehead atoms. The number of hydrogen-bond acceptors (Lipinski definition) is 2. The Morgan fingerprint density at radius 1 is 0.457 bits per heavy atom. The third kappa shape index (κ3) is 3.58. The molecule has 0 atom stereocenters. The second kappa shape index (κ2) is 8.08. The first-order valence-corrected chi connectivity index (χ1v) is 12.3. The molecule has 0 aliphatic carbocycles. The second-order valence-corrected chi connectivity index (χ2v) is 10.4. The van der Waals surface area contributed by atoms with Crippen molar-refractivity contribution >= 4 is 34.1 Å². The summed E-state index contributed by atoms with van der Waals surface area (Å²) in [6.07, 6.45) is 0. The highest BCUT2D eigenvalue weighted by atomic mass is 16.7. The van der Waals surface area contributed by atoms with E-state index in [1.807, 2.05) is 0 Å². The molecule has 0 spiro atoms. The van der Waals surface area contributed by atoms with Gasteiger partial charge in [-0.05, 0) is 77.0 Å². The van der Waals surface area contributed by atoms with E-state index in [1.165, 1.54) is 43.8 Å². The highest BCUT2D eigenvalue weighted by Crippen LogP contribution is 2.43. The van der Waals surface area contributed by atoms with Gasteiger partial charge in [0, 0.05) is 0 Å². The van der Waals surface area contributed by atoms with E-state index in [2.05, 4.69) is 131 Å². The molecule has 0 unspecified atom stereocenters. The summed E-state index contributed by atoms with van der Waals surface area (Å²) in [7, 11) is -0.358. The molecule has 3 heteroatoms. The van der Waals surface area contributed by atoms with E-state index in [0.717, 1.165) is 5.46 Å². The summed E-state index contributed by atoms with van der Waals surface area (Å²) in [5, 5.41) is 5.05. The maximum absolute atomic E-state index is 6.28. The summed E-state index contributed by atoms with van der Waals surface area (Å²) in [5.41, 5.74) is 5.32. The van der Waals surface area contributed by atoms with Gasteiger partial charge in [0.05, 0.1) is 11.2 Å². The molecule has 35 heavy (non-hydrogen) atoms. The summed E-state index contributed by atoms with van der Waals surface area (Å²) in [5.74, 6) is 0. The molecule has 0 N–H and O–H groups in total. The van der Waals surface area contributed by atoms with Crippen LogP contribution in [0.4, 0.5) is 0 Å². The third-order valence-electron chi connectivity index (χ3n) is 7.72. The molecular formula is C32H29BO2. The van der Waals surface area contributed by atoms with Crippen LogP contribution >= 0.6 is 0 Å². The second-order valence-electron chi connectivity index (χ2n) is 10.4. The number of rotatable bonds is 3. The topological polar surface area (TPSA) is 18.5 Å². The van der Waals surface area contributed by atoms with E-state index in [0.29, 0.717) is 0 Å². The van der Waals surface area contributed by atoms with Gasteiger partial charge >= 0.3 is 7.12 Å². The van der Waals surface area contributed by atoms with E-state index >= 15 is 0 Å². The van der Waals surface area contributed by atoms with Crippen molar-refractivity contribution in [1.82, 2.24) is 0 Å². The SMILES string of the molecule is CC1(C)OB(c2ccc(-c3c4ccccc4c(-c4ccccc4)c4ccccc34)cc2)OC1(C)C. The van der Waals surface area contributed by atoms with E-state index in [9.17, 15) is 0 Å². The Morgan fingerprint density at radius 2 is 0.829 bits per heavy atom. The molecule has 1 aliphatic rings. The molecule has 0 aromatic heterocycles. The molecule has 2 nitrogen and oxygen atoms in total. The van der Waals surface area contributed by atoms with Crippen LogP contribution in [0.1, 0.15) is 27.7 Å². The van der Waals surface area contributed by atoms with Gasteiger partial charge in [-0.25, -0.2) is 0 Å². The van der Waals surface area contributed by atoms with Gasteiger partial charge in [-0.2, -0.15) is 0 Å². The lowest BCUT2D eigenvalue weighted by Gasteiger charge is -2.32. The predicted molar refractivity (Wildman–Crippen MR) is 148 cm³/mol. The van der Waals surface area contributed by atoms with Crippen LogP contribution in [0.3, 0.4) is 0 Å². The van der Waals surface area contributed by atoms with Gasteiger partial charge in [0.15, 0.2) is 0 Å². The lowest BCUT2D eigenvalue weighted by molar-refractivity contribution is 0.00578. The van der Waals surface area contributed by atoms with Crippen molar-refractivity contribution in [2.45, 2.75) is 38.9 Å². The molecule has 5 aromatic carbocycles. The van der Waals surface area contributed by atoms with Gasteiger partial charge < -0.3 is 9.31 Å². The molecule has 0 radical (unpaired) electrons. The molecule has 1 aliphatic heterocycles. The highest BCUT2D eigenvalue weighted by molar-refractivity contribution is 6.62. The molecule has 1 saturated heterocycles. The van der Waals surface area contributed by atoms with Crippen molar-refractivity contribution in [2.75, 3.05) is 0 Å². The average Bonchev–Trinajstić information content (AvgIpc) is 3.09. The van der Waals surface area contributed by atoms with Crippen molar-refractivity contribution in [1.29, 1.82) is 0 Å². The Balaban J connectivity index is 1.53. The Hall–Kier alpha value is -3.40. The average molecular weight is 456 g/mol. The normalized spacial score (nSPS) is 16.7. The fourth-order valence-electron chi connectivity index (χ4n) is 5.14. The van der Waals surface area contributed by atoms with Crippen LogP contribution in [0.2, 0.25) is 0 Å². The maximum atomic E-state index is 6.28. The maximum Gasteiger partial charge on any atom is 0.494 e. The van der Waals surface area contributed by atoms with Crippen LogP contribution in [0.15, 0.2) is 103 Å². The van der Waals surface area contributed by atoms with Crippen LogP contribution in [0, 0.1) is 0 Å². The van der Waals surface area contributed by atoms with Crippen LogP contribution < -0.4 is 5.46 Å². The Labute approximate surface area is 207 Å². The van der Waals surface area contributed by atoms with Gasteiger partial charge in [0.1, 0.15) is 0 Å². The quantitative estimate of drug-likeness (QED) is 0.205. The van der Waals surface area contributed by atoms with E-state index in [-0.39, 0.29) is 18.3 Å². The monoisotopic (exact) mass is 456 g/mol. The first-order chi connectivity index (χ1) is 16.9. The Bertz CT molecular complexity index is 1460. The molecule has 0 amide bonds. The standard InChI is InChI=1S/C32H29BO2/c1-31(2)32(3,4)35-33(34-31)24-20-18-23(19-21-24)30-27-16-10-8-14-25(27)29(22-12-6-5-7-13-22)26-15-9-11-17-28(26)30/h5-21H,1-4H3. The molecule has 1 fully saturated rings. The molecular weight excluding hydrogens is 427 g/mol. The fourth-order valence-corrected chi connectivity index (χ4v) is 5.14. The largest absolute Gasteiger partial charge is 0.494 e. The first-order valence-electron chi connectivity index (χ1n) is 12.3. The van der Waals surface area contributed by atoms with Crippen molar-refractivity contribution < 1.29 is 9.31 Å². The van der Waals surface area contributed by atoms with Crippen LogP contribution in [0.25, 0.3) is 43.8 Å². The zero-order chi connectivity index (χ0) is 24.2. The number of benzene rings is 5. The zero-order valence-electron chi connectivity index (χ0n) is 20.7. The lowest BCUT2D eigenvalue weighted by Crippen LogP contribution is -2.41. The zero-order valence-corrected chi connectivity index (χ0v) is 20.7. The van der Waals surface area contributed by atoms with Gasteiger partial charge in [-0.1, -0.05) is 103 Å². The summed E-state index contributed by atoms with van der Waals surface area (Å²) in [6.45, 7) is 8.36.